The van der Waals surface area contributed by atoms with Crippen molar-refractivity contribution in [3.63, 3.8) is 0 Å². The highest BCUT2D eigenvalue weighted by Crippen LogP contribution is 2.64. The maximum Gasteiger partial charge on any atom is 0.144 e. The van der Waals surface area contributed by atoms with Crippen LogP contribution in [0.3, 0.4) is 0 Å². The molecule has 8 atom stereocenters. The molecule has 5 heteroatoms. The first-order valence-electron chi connectivity index (χ1n) is 13.0. The topological polar surface area (TPSA) is 67.9 Å². The molecule has 0 spiro atoms. The molecule has 8 unspecified atom stereocenters. The number of H-pyrrole nitrogens is 1. The Balaban J connectivity index is 0.00000112. The second-order valence-electron chi connectivity index (χ2n) is 10.8. The molecule has 4 saturated carbocycles. The van der Waals surface area contributed by atoms with Crippen molar-refractivity contribution < 1.29 is 9.53 Å². The van der Waals surface area contributed by atoms with Crippen LogP contribution in [0, 0.1) is 46.8 Å². The Labute approximate surface area is 188 Å². The Hall–Kier alpha value is -1.23. The zero-order chi connectivity index (χ0) is 22.0. The number of fused-ring (bicyclic) bond motifs is 5. The van der Waals surface area contributed by atoms with Crippen LogP contribution in [0.5, 0.6) is 0 Å². The molecule has 0 saturated heterocycles. The molecule has 5 rings (SSSR count). The lowest BCUT2D eigenvalue weighted by Gasteiger charge is -2.56. The summed E-state index contributed by atoms with van der Waals surface area (Å²) >= 11 is 0. The Morgan fingerprint density at radius 2 is 1.90 bits per heavy atom. The number of ketones is 1. The summed E-state index contributed by atoms with van der Waals surface area (Å²) in [5.41, 5.74) is 0.207. The summed E-state index contributed by atoms with van der Waals surface area (Å²) in [5.74, 6) is 6.51. The molecule has 0 aromatic carbocycles. The fraction of sp³-hybridized carbons (Fsp3) is 0.885. The summed E-state index contributed by atoms with van der Waals surface area (Å²) in [4.78, 5) is 17.3. The van der Waals surface area contributed by atoms with E-state index in [2.05, 4.69) is 22.1 Å². The van der Waals surface area contributed by atoms with Crippen LogP contribution >= 0.6 is 0 Å². The number of methoxy groups -OCH3 is 1. The van der Waals surface area contributed by atoms with Crippen LogP contribution in [0.25, 0.3) is 0 Å². The second kappa shape index (κ2) is 9.72. The largest absolute Gasteiger partial charge is 0.384 e. The van der Waals surface area contributed by atoms with E-state index in [1.54, 1.807) is 0 Å². The monoisotopic (exact) mass is 429 g/mol. The molecule has 1 heterocycles. The van der Waals surface area contributed by atoms with E-state index in [0.29, 0.717) is 12.2 Å². The van der Waals surface area contributed by atoms with Gasteiger partial charge in [0.2, 0.25) is 0 Å². The van der Waals surface area contributed by atoms with Crippen molar-refractivity contribution in [2.75, 3.05) is 13.7 Å². The van der Waals surface area contributed by atoms with Gasteiger partial charge in [-0.2, -0.15) is 5.10 Å². The van der Waals surface area contributed by atoms with E-state index in [9.17, 15) is 4.79 Å². The number of ether oxygens (including phenoxy) is 1. The first kappa shape index (κ1) is 22.9. The van der Waals surface area contributed by atoms with E-state index in [4.69, 9.17) is 4.74 Å². The Morgan fingerprint density at radius 3 is 2.65 bits per heavy atom. The van der Waals surface area contributed by atoms with Crippen LogP contribution in [0.15, 0.2) is 6.33 Å². The van der Waals surface area contributed by atoms with Crippen molar-refractivity contribution in [1.29, 1.82) is 0 Å². The molecule has 0 radical (unpaired) electrons. The number of carbonyl (C=O) groups is 1. The number of Topliss-reactive ketones (excluding diaryl/α,β-unsaturated/α-hetero) is 1. The molecular weight excluding hydrogens is 386 g/mol. The van der Waals surface area contributed by atoms with Crippen molar-refractivity contribution in [2.24, 2.45) is 46.8 Å². The lowest BCUT2D eigenvalue weighted by Crippen LogP contribution is -2.49. The molecule has 0 amide bonds. The van der Waals surface area contributed by atoms with E-state index in [0.717, 1.165) is 54.4 Å². The summed E-state index contributed by atoms with van der Waals surface area (Å²) in [6.07, 6.45) is 13.8. The molecule has 4 fully saturated rings. The van der Waals surface area contributed by atoms with Gasteiger partial charge in [-0.05, 0) is 98.7 Å². The van der Waals surface area contributed by atoms with Crippen LogP contribution in [0.1, 0.15) is 84.4 Å². The zero-order valence-electron chi connectivity index (χ0n) is 20.1. The molecule has 5 nitrogen and oxygen atoms in total. The van der Waals surface area contributed by atoms with Gasteiger partial charge in [0, 0.05) is 19.6 Å². The first-order valence-corrected chi connectivity index (χ1v) is 13.0. The van der Waals surface area contributed by atoms with Crippen LogP contribution in [-0.2, 0) is 16.0 Å². The van der Waals surface area contributed by atoms with Crippen molar-refractivity contribution in [3.8, 4) is 0 Å². The quantitative estimate of drug-likeness (QED) is 0.673. The van der Waals surface area contributed by atoms with E-state index < -0.39 is 0 Å². The number of hydrogen-bond donors (Lipinski definition) is 1. The van der Waals surface area contributed by atoms with Gasteiger partial charge in [-0.3, -0.25) is 9.89 Å². The van der Waals surface area contributed by atoms with Gasteiger partial charge in [0.15, 0.2) is 0 Å². The minimum atomic E-state index is 0.207. The minimum Gasteiger partial charge on any atom is -0.384 e. The third kappa shape index (κ3) is 4.24. The SMILES string of the molecule is CC.COCC1CCC2C(CCC3C2CCC2(C)C(C(=O)Cc4ncn[nH]4)CCC32)C1. The maximum absolute atomic E-state index is 13.2. The number of rotatable bonds is 5. The van der Waals surface area contributed by atoms with Gasteiger partial charge < -0.3 is 4.74 Å². The van der Waals surface area contributed by atoms with Gasteiger partial charge in [0.1, 0.15) is 17.9 Å². The average molecular weight is 430 g/mol. The summed E-state index contributed by atoms with van der Waals surface area (Å²) in [6, 6.07) is 0. The second-order valence-corrected chi connectivity index (χ2v) is 10.8. The summed E-state index contributed by atoms with van der Waals surface area (Å²) in [5, 5.41) is 6.79. The van der Waals surface area contributed by atoms with Gasteiger partial charge in [-0.25, -0.2) is 4.98 Å². The fourth-order valence-electron chi connectivity index (χ4n) is 8.47. The molecule has 4 aliphatic rings. The zero-order valence-corrected chi connectivity index (χ0v) is 20.1. The molecule has 174 valence electrons. The first-order chi connectivity index (χ1) is 15.1. The third-order valence-corrected chi connectivity index (χ3v) is 9.66. The van der Waals surface area contributed by atoms with Crippen molar-refractivity contribution in [1.82, 2.24) is 15.2 Å². The van der Waals surface area contributed by atoms with Crippen LogP contribution < -0.4 is 0 Å². The molecule has 31 heavy (non-hydrogen) atoms. The summed E-state index contributed by atoms with van der Waals surface area (Å²) in [7, 11) is 1.85. The molecule has 1 aromatic rings. The number of nitrogens with one attached hydrogen (secondary N) is 1. The van der Waals surface area contributed by atoms with Crippen LogP contribution in [0.4, 0.5) is 0 Å². The Kier molecular flexibility index (Phi) is 7.20. The number of aromatic nitrogens is 3. The van der Waals surface area contributed by atoms with Gasteiger partial charge in [0.25, 0.3) is 0 Å². The fourth-order valence-corrected chi connectivity index (χ4v) is 8.47. The molecule has 1 N–H and O–H groups in total. The van der Waals surface area contributed by atoms with Gasteiger partial charge >= 0.3 is 0 Å². The predicted octanol–water partition coefficient (Wildman–Crippen LogP) is 5.47. The van der Waals surface area contributed by atoms with Crippen molar-refractivity contribution in [3.05, 3.63) is 12.2 Å². The third-order valence-electron chi connectivity index (χ3n) is 9.66. The maximum atomic E-state index is 13.2. The minimum absolute atomic E-state index is 0.207. The van der Waals surface area contributed by atoms with E-state index in [-0.39, 0.29) is 11.3 Å². The van der Waals surface area contributed by atoms with Gasteiger partial charge in [0.05, 0.1) is 6.42 Å². The highest BCUT2D eigenvalue weighted by atomic mass is 16.5. The van der Waals surface area contributed by atoms with Crippen molar-refractivity contribution >= 4 is 5.78 Å². The highest BCUT2D eigenvalue weighted by Gasteiger charge is 2.58. The predicted molar refractivity (Wildman–Crippen MR) is 122 cm³/mol. The molecule has 1 aromatic heterocycles. The van der Waals surface area contributed by atoms with Crippen LogP contribution in [-0.4, -0.2) is 34.7 Å². The lowest BCUT2D eigenvalue weighted by molar-refractivity contribution is -0.130. The Morgan fingerprint density at radius 1 is 1.10 bits per heavy atom. The number of hydrogen-bond acceptors (Lipinski definition) is 4. The summed E-state index contributed by atoms with van der Waals surface area (Å²) in [6.45, 7) is 7.40. The van der Waals surface area contributed by atoms with E-state index >= 15 is 0 Å². The number of nitrogens with zero attached hydrogens (tertiary/aromatic N) is 2. The molecule has 4 aliphatic carbocycles. The number of carbonyl (C=O) groups excluding carboxylic acids is 1. The molecule has 0 aliphatic heterocycles. The van der Waals surface area contributed by atoms with Gasteiger partial charge in [-0.1, -0.05) is 20.8 Å². The average Bonchev–Trinajstić information content (AvgIpc) is 3.42. The number of aromatic amines is 1. The van der Waals surface area contributed by atoms with Gasteiger partial charge in [-0.15, -0.1) is 0 Å². The van der Waals surface area contributed by atoms with E-state index in [1.807, 2.05) is 21.0 Å². The van der Waals surface area contributed by atoms with Crippen molar-refractivity contribution in [2.45, 2.75) is 85.0 Å². The van der Waals surface area contributed by atoms with E-state index in [1.165, 1.54) is 57.7 Å². The smallest absolute Gasteiger partial charge is 0.144 e. The van der Waals surface area contributed by atoms with Crippen LogP contribution in [0.2, 0.25) is 0 Å². The standard InChI is InChI=1S/C24H37N3O2.C2H6/c1-24-10-9-18-17-5-3-15(13-29-2)11-16(17)4-6-19(18)20(24)7-8-21(24)22(28)12-23-25-14-26-27-23;1-2/h14-21H,3-13H2,1-2H3,(H,25,26,27);1-2H3. The molecule has 0 bridgehead atoms. The normalized spacial score (nSPS) is 41.4. The molecular formula is C26H43N3O2. The Bertz CT molecular complexity index is 720. The summed E-state index contributed by atoms with van der Waals surface area (Å²) < 4.78 is 5.47. The highest BCUT2D eigenvalue weighted by molar-refractivity contribution is 5.83. The lowest BCUT2D eigenvalue weighted by atomic mass is 9.49.